The van der Waals surface area contributed by atoms with Crippen molar-refractivity contribution in [3.63, 3.8) is 0 Å². The molecular weight excluding hydrogens is 227 g/mol. The number of hydrogen-bond acceptors (Lipinski definition) is 2. The SMILES string of the molecule is Cc1cnc(I)c(C)n1. The van der Waals surface area contributed by atoms with Crippen molar-refractivity contribution < 1.29 is 0 Å². The lowest BCUT2D eigenvalue weighted by atomic mass is 10.4. The predicted octanol–water partition coefficient (Wildman–Crippen LogP) is 1.70. The molecule has 0 radical (unpaired) electrons. The number of aromatic nitrogens is 2. The molecule has 0 saturated carbocycles. The maximum Gasteiger partial charge on any atom is 0.122 e. The number of aryl methyl sites for hydroxylation is 2. The third-order valence-electron chi connectivity index (χ3n) is 1.01. The van der Waals surface area contributed by atoms with Crippen molar-refractivity contribution in [1.82, 2.24) is 9.97 Å². The minimum absolute atomic E-state index is 0.980. The van der Waals surface area contributed by atoms with Crippen molar-refractivity contribution in [3.8, 4) is 0 Å². The second kappa shape index (κ2) is 2.60. The maximum absolute atomic E-state index is 4.20. The molecule has 0 aliphatic rings. The van der Waals surface area contributed by atoms with Crippen LogP contribution in [-0.4, -0.2) is 9.97 Å². The van der Waals surface area contributed by atoms with Gasteiger partial charge in [0, 0.05) is 6.20 Å². The molecule has 9 heavy (non-hydrogen) atoms. The molecule has 0 spiro atoms. The van der Waals surface area contributed by atoms with Crippen LogP contribution < -0.4 is 0 Å². The van der Waals surface area contributed by atoms with Crippen LogP contribution in [0.25, 0.3) is 0 Å². The Bertz CT molecular complexity index is 222. The van der Waals surface area contributed by atoms with Gasteiger partial charge in [0.2, 0.25) is 0 Å². The summed E-state index contributed by atoms with van der Waals surface area (Å²) in [7, 11) is 0. The first-order chi connectivity index (χ1) is 4.20. The highest BCUT2D eigenvalue weighted by Crippen LogP contribution is 2.03. The van der Waals surface area contributed by atoms with Crippen molar-refractivity contribution >= 4 is 22.6 Å². The summed E-state index contributed by atoms with van der Waals surface area (Å²) in [5, 5.41) is 0. The van der Waals surface area contributed by atoms with E-state index in [1.807, 2.05) is 13.8 Å². The van der Waals surface area contributed by atoms with Crippen LogP contribution in [0.1, 0.15) is 11.4 Å². The maximum atomic E-state index is 4.20. The Kier molecular flexibility index (Phi) is 2.00. The van der Waals surface area contributed by atoms with Crippen molar-refractivity contribution in [2.24, 2.45) is 0 Å². The van der Waals surface area contributed by atoms with E-state index >= 15 is 0 Å². The standard InChI is InChI=1S/C6H7IN2/c1-4-3-8-6(7)5(2)9-4/h3H,1-2H3. The lowest BCUT2D eigenvalue weighted by molar-refractivity contribution is 1.03. The smallest absolute Gasteiger partial charge is 0.122 e. The molecule has 0 atom stereocenters. The predicted molar refractivity (Wildman–Crippen MR) is 44.2 cm³/mol. The Morgan fingerprint density at radius 2 is 2.11 bits per heavy atom. The Morgan fingerprint density at radius 3 is 2.56 bits per heavy atom. The summed E-state index contributed by atoms with van der Waals surface area (Å²) in [5.74, 6) is 0. The summed E-state index contributed by atoms with van der Waals surface area (Å²) in [4.78, 5) is 8.31. The summed E-state index contributed by atoms with van der Waals surface area (Å²) in [6.07, 6.45) is 1.77. The Labute approximate surface area is 67.9 Å². The average molecular weight is 234 g/mol. The molecule has 48 valence electrons. The molecular formula is C6H7IN2. The van der Waals surface area contributed by atoms with E-state index < -0.39 is 0 Å². The van der Waals surface area contributed by atoms with Gasteiger partial charge in [0.05, 0.1) is 11.4 Å². The van der Waals surface area contributed by atoms with Crippen molar-refractivity contribution in [2.45, 2.75) is 13.8 Å². The first-order valence-electron chi connectivity index (χ1n) is 2.66. The molecule has 0 N–H and O–H groups in total. The van der Waals surface area contributed by atoms with Gasteiger partial charge in [-0.3, -0.25) is 4.98 Å². The van der Waals surface area contributed by atoms with Gasteiger partial charge in [-0.1, -0.05) is 0 Å². The van der Waals surface area contributed by atoms with E-state index in [4.69, 9.17) is 0 Å². The van der Waals surface area contributed by atoms with Crippen molar-refractivity contribution in [1.29, 1.82) is 0 Å². The van der Waals surface area contributed by atoms with Crippen LogP contribution in [0.15, 0.2) is 6.20 Å². The zero-order valence-electron chi connectivity index (χ0n) is 5.35. The van der Waals surface area contributed by atoms with Crippen molar-refractivity contribution in [2.75, 3.05) is 0 Å². The van der Waals surface area contributed by atoms with Gasteiger partial charge >= 0.3 is 0 Å². The van der Waals surface area contributed by atoms with E-state index in [2.05, 4.69) is 32.6 Å². The lowest BCUT2D eigenvalue weighted by Gasteiger charge is -1.94. The summed E-state index contributed by atoms with van der Waals surface area (Å²) < 4.78 is 0.984. The topological polar surface area (TPSA) is 25.8 Å². The molecule has 1 aromatic heterocycles. The quantitative estimate of drug-likeness (QED) is 0.638. The fourth-order valence-corrected chi connectivity index (χ4v) is 0.843. The van der Waals surface area contributed by atoms with Crippen LogP contribution >= 0.6 is 22.6 Å². The summed E-state index contributed by atoms with van der Waals surface area (Å²) >= 11 is 2.17. The van der Waals surface area contributed by atoms with Crippen LogP contribution in [0.5, 0.6) is 0 Å². The molecule has 1 aromatic rings. The molecule has 1 rings (SSSR count). The Balaban J connectivity index is 3.17. The van der Waals surface area contributed by atoms with Gasteiger partial charge in [0.25, 0.3) is 0 Å². The van der Waals surface area contributed by atoms with E-state index in [1.54, 1.807) is 6.20 Å². The van der Waals surface area contributed by atoms with Crippen LogP contribution in [0, 0.1) is 17.5 Å². The minimum atomic E-state index is 0.980. The highest BCUT2D eigenvalue weighted by molar-refractivity contribution is 14.1. The fourth-order valence-electron chi connectivity index (χ4n) is 0.583. The molecule has 0 unspecified atom stereocenters. The zero-order valence-corrected chi connectivity index (χ0v) is 7.51. The molecule has 0 amide bonds. The third-order valence-corrected chi connectivity index (χ3v) is 2.07. The first-order valence-corrected chi connectivity index (χ1v) is 3.74. The van der Waals surface area contributed by atoms with Gasteiger partial charge in [-0.15, -0.1) is 0 Å². The Hall–Kier alpha value is -0.190. The Morgan fingerprint density at radius 1 is 1.44 bits per heavy atom. The minimum Gasteiger partial charge on any atom is -0.254 e. The number of nitrogens with zero attached hydrogens (tertiary/aromatic N) is 2. The summed E-state index contributed by atoms with van der Waals surface area (Å²) in [5.41, 5.74) is 1.99. The average Bonchev–Trinajstić information content (AvgIpc) is 1.80. The third kappa shape index (κ3) is 1.61. The zero-order chi connectivity index (χ0) is 6.85. The van der Waals surface area contributed by atoms with E-state index in [0.29, 0.717) is 0 Å². The molecule has 1 heterocycles. The molecule has 0 aliphatic heterocycles. The van der Waals surface area contributed by atoms with Gasteiger partial charge in [-0.25, -0.2) is 4.98 Å². The van der Waals surface area contributed by atoms with Gasteiger partial charge in [0.15, 0.2) is 0 Å². The number of halogens is 1. The second-order valence-electron chi connectivity index (χ2n) is 1.89. The summed E-state index contributed by atoms with van der Waals surface area (Å²) in [6, 6.07) is 0. The number of hydrogen-bond donors (Lipinski definition) is 0. The molecule has 3 heteroatoms. The lowest BCUT2D eigenvalue weighted by Crippen LogP contribution is -1.92. The fraction of sp³-hybridized carbons (Fsp3) is 0.333. The van der Waals surface area contributed by atoms with Gasteiger partial charge < -0.3 is 0 Å². The molecule has 2 nitrogen and oxygen atoms in total. The van der Waals surface area contributed by atoms with Gasteiger partial charge in [-0.2, -0.15) is 0 Å². The van der Waals surface area contributed by atoms with Gasteiger partial charge in [0.1, 0.15) is 3.70 Å². The molecule has 0 aromatic carbocycles. The number of rotatable bonds is 0. The van der Waals surface area contributed by atoms with Crippen LogP contribution in [0.2, 0.25) is 0 Å². The molecule has 0 fully saturated rings. The van der Waals surface area contributed by atoms with E-state index in [0.717, 1.165) is 15.1 Å². The largest absolute Gasteiger partial charge is 0.254 e. The highest BCUT2D eigenvalue weighted by Gasteiger charge is 1.94. The second-order valence-corrected chi connectivity index (χ2v) is 2.91. The highest BCUT2D eigenvalue weighted by atomic mass is 127. The van der Waals surface area contributed by atoms with E-state index in [-0.39, 0.29) is 0 Å². The van der Waals surface area contributed by atoms with Crippen LogP contribution in [0.4, 0.5) is 0 Å². The van der Waals surface area contributed by atoms with Gasteiger partial charge in [-0.05, 0) is 36.4 Å². The first kappa shape index (κ1) is 6.92. The molecule has 0 aliphatic carbocycles. The molecule has 0 bridgehead atoms. The molecule has 0 saturated heterocycles. The van der Waals surface area contributed by atoms with Crippen LogP contribution in [-0.2, 0) is 0 Å². The summed E-state index contributed by atoms with van der Waals surface area (Å²) in [6.45, 7) is 3.90. The van der Waals surface area contributed by atoms with Crippen molar-refractivity contribution in [3.05, 3.63) is 21.3 Å². The van der Waals surface area contributed by atoms with E-state index in [1.165, 1.54) is 0 Å². The normalized spacial score (nSPS) is 9.67. The van der Waals surface area contributed by atoms with E-state index in [9.17, 15) is 0 Å². The monoisotopic (exact) mass is 234 g/mol. The van der Waals surface area contributed by atoms with Crippen LogP contribution in [0.3, 0.4) is 0 Å².